The zero-order valence-corrected chi connectivity index (χ0v) is 18.7. The number of nitrogens with zero attached hydrogens (tertiary/aromatic N) is 1. The van der Waals surface area contributed by atoms with Gasteiger partial charge in [0.15, 0.2) is 0 Å². The van der Waals surface area contributed by atoms with E-state index >= 15 is 0 Å². The Morgan fingerprint density at radius 1 is 1.10 bits per heavy atom. The summed E-state index contributed by atoms with van der Waals surface area (Å²) in [7, 11) is -2.07. The molecule has 0 fully saturated rings. The standard InChI is InChI=1S/C22H30N2O4S/c1-7-21(22(25)23-17(4)18-8-10-20(28-5)11-9-18)24(29(6,26)27)19-13-15(2)12-16(3)14-19/h8-14,17,21H,7H2,1-6H3,(H,23,25). The molecule has 0 radical (unpaired) electrons. The maximum atomic E-state index is 13.1. The molecular formula is C22H30N2O4S. The van der Waals surface area contributed by atoms with Crippen LogP contribution in [0.25, 0.3) is 0 Å². The van der Waals surface area contributed by atoms with Gasteiger partial charge in [-0.15, -0.1) is 0 Å². The molecule has 6 nitrogen and oxygen atoms in total. The van der Waals surface area contributed by atoms with Crippen molar-refractivity contribution < 1.29 is 17.9 Å². The van der Waals surface area contributed by atoms with Crippen molar-refractivity contribution in [2.45, 2.75) is 46.2 Å². The fraction of sp³-hybridized carbons (Fsp3) is 0.409. The Bertz CT molecular complexity index is 935. The summed E-state index contributed by atoms with van der Waals surface area (Å²) in [5, 5.41) is 2.95. The Labute approximate surface area is 173 Å². The van der Waals surface area contributed by atoms with Gasteiger partial charge in [0.2, 0.25) is 15.9 Å². The molecule has 0 saturated heterocycles. The van der Waals surface area contributed by atoms with Gasteiger partial charge in [-0.3, -0.25) is 9.10 Å². The predicted octanol–water partition coefficient (Wildman–Crippen LogP) is 3.73. The van der Waals surface area contributed by atoms with E-state index in [1.165, 1.54) is 4.31 Å². The maximum absolute atomic E-state index is 13.1. The average molecular weight is 419 g/mol. The van der Waals surface area contributed by atoms with E-state index in [-0.39, 0.29) is 11.9 Å². The molecule has 0 saturated carbocycles. The minimum atomic E-state index is -3.66. The first-order valence-corrected chi connectivity index (χ1v) is 11.4. The van der Waals surface area contributed by atoms with Crippen LogP contribution in [0.3, 0.4) is 0 Å². The number of hydrogen-bond donors (Lipinski definition) is 1. The fourth-order valence-corrected chi connectivity index (χ4v) is 4.62. The van der Waals surface area contributed by atoms with Crippen LogP contribution in [0.4, 0.5) is 5.69 Å². The number of carbonyl (C=O) groups is 1. The van der Waals surface area contributed by atoms with E-state index in [4.69, 9.17) is 4.74 Å². The van der Waals surface area contributed by atoms with Crippen molar-refractivity contribution >= 4 is 21.6 Å². The van der Waals surface area contributed by atoms with Gasteiger partial charge in [-0.1, -0.05) is 25.1 Å². The molecule has 158 valence electrons. The van der Waals surface area contributed by atoms with E-state index in [1.807, 2.05) is 58.0 Å². The summed E-state index contributed by atoms with van der Waals surface area (Å²) in [4.78, 5) is 13.1. The number of rotatable bonds is 8. The topological polar surface area (TPSA) is 75.7 Å². The number of aryl methyl sites for hydroxylation is 2. The van der Waals surface area contributed by atoms with E-state index in [9.17, 15) is 13.2 Å². The van der Waals surface area contributed by atoms with Gasteiger partial charge in [0.25, 0.3) is 0 Å². The summed E-state index contributed by atoms with van der Waals surface area (Å²) >= 11 is 0. The molecule has 0 spiro atoms. The van der Waals surface area contributed by atoms with Gasteiger partial charge in [-0.25, -0.2) is 8.42 Å². The van der Waals surface area contributed by atoms with Crippen LogP contribution in [-0.4, -0.2) is 33.7 Å². The molecule has 0 bridgehead atoms. The quantitative estimate of drug-likeness (QED) is 0.709. The lowest BCUT2D eigenvalue weighted by Crippen LogP contribution is -2.49. The van der Waals surface area contributed by atoms with Crippen molar-refractivity contribution in [2.75, 3.05) is 17.7 Å². The summed E-state index contributed by atoms with van der Waals surface area (Å²) in [6.45, 7) is 7.49. The highest BCUT2D eigenvalue weighted by atomic mass is 32.2. The summed E-state index contributed by atoms with van der Waals surface area (Å²) in [6, 6.07) is 11.8. The Hall–Kier alpha value is -2.54. The molecule has 29 heavy (non-hydrogen) atoms. The van der Waals surface area contributed by atoms with E-state index < -0.39 is 16.1 Å². The summed E-state index contributed by atoms with van der Waals surface area (Å²) in [5.41, 5.74) is 3.29. The first-order valence-electron chi connectivity index (χ1n) is 9.58. The Balaban J connectivity index is 2.32. The van der Waals surface area contributed by atoms with Gasteiger partial charge < -0.3 is 10.1 Å². The number of carbonyl (C=O) groups excluding carboxylic acids is 1. The van der Waals surface area contributed by atoms with Gasteiger partial charge >= 0.3 is 0 Å². The van der Waals surface area contributed by atoms with Gasteiger partial charge in [0.1, 0.15) is 11.8 Å². The molecule has 2 unspecified atom stereocenters. The number of ether oxygens (including phenoxy) is 1. The third-order valence-electron chi connectivity index (χ3n) is 4.77. The van der Waals surface area contributed by atoms with Crippen LogP contribution in [0.1, 0.15) is 43.0 Å². The molecular weight excluding hydrogens is 388 g/mol. The van der Waals surface area contributed by atoms with Crippen molar-refractivity contribution in [1.29, 1.82) is 0 Å². The average Bonchev–Trinajstić information content (AvgIpc) is 2.63. The minimum absolute atomic E-state index is 0.275. The zero-order valence-electron chi connectivity index (χ0n) is 17.9. The molecule has 1 amide bonds. The summed E-state index contributed by atoms with van der Waals surface area (Å²) < 4.78 is 31.6. The van der Waals surface area contributed by atoms with Gasteiger partial charge in [-0.05, 0) is 68.1 Å². The molecule has 0 aliphatic heterocycles. The molecule has 2 aromatic rings. The Morgan fingerprint density at radius 3 is 2.10 bits per heavy atom. The molecule has 1 N–H and O–H groups in total. The van der Waals surface area contributed by atoms with Crippen molar-refractivity contribution in [3.8, 4) is 5.75 Å². The van der Waals surface area contributed by atoms with Crippen LogP contribution in [-0.2, 0) is 14.8 Å². The number of hydrogen-bond acceptors (Lipinski definition) is 4. The second-order valence-corrected chi connectivity index (χ2v) is 9.19. The van der Waals surface area contributed by atoms with E-state index in [2.05, 4.69) is 5.32 Å². The van der Waals surface area contributed by atoms with Crippen LogP contribution in [0, 0.1) is 13.8 Å². The lowest BCUT2D eigenvalue weighted by molar-refractivity contribution is -0.122. The number of methoxy groups -OCH3 is 1. The molecule has 2 aromatic carbocycles. The summed E-state index contributed by atoms with van der Waals surface area (Å²) in [5.74, 6) is 0.400. The lowest BCUT2D eigenvalue weighted by Gasteiger charge is -2.31. The van der Waals surface area contributed by atoms with Crippen LogP contribution >= 0.6 is 0 Å². The highest BCUT2D eigenvalue weighted by Gasteiger charge is 2.32. The fourth-order valence-electron chi connectivity index (χ4n) is 3.42. The van der Waals surface area contributed by atoms with Gasteiger partial charge in [0.05, 0.1) is 25.1 Å². The van der Waals surface area contributed by atoms with Crippen LogP contribution in [0.15, 0.2) is 42.5 Å². The normalized spacial score (nSPS) is 13.4. The van der Waals surface area contributed by atoms with Crippen molar-refractivity contribution in [2.24, 2.45) is 0 Å². The van der Waals surface area contributed by atoms with Crippen molar-refractivity contribution in [3.05, 3.63) is 59.2 Å². The molecule has 2 atom stereocenters. The predicted molar refractivity (Wildman–Crippen MR) is 117 cm³/mol. The Morgan fingerprint density at radius 2 is 1.66 bits per heavy atom. The second kappa shape index (κ2) is 9.31. The van der Waals surface area contributed by atoms with Crippen LogP contribution in [0.2, 0.25) is 0 Å². The number of benzene rings is 2. The first kappa shape index (κ1) is 22.7. The third kappa shape index (κ3) is 5.73. The summed E-state index contributed by atoms with van der Waals surface area (Å²) in [6.07, 6.45) is 1.48. The highest BCUT2D eigenvalue weighted by molar-refractivity contribution is 7.92. The number of amides is 1. The second-order valence-electron chi connectivity index (χ2n) is 7.33. The van der Waals surface area contributed by atoms with Crippen molar-refractivity contribution in [1.82, 2.24) is 5.32 Å². The molecule has 0 aliphatic carbocycles. The lowest BCUT2D eigenvalue weighted by atomic mass is 10.1. The highest BCUT2D eigenvalue weighted by Crippen LogP contribution is 2.26. The molecule has 0 heterocycles. The number of nitrogens with one attached hydrogen (secondary N) is 1. The molecule has 2 rings (SSSR count). The number of sulfonamides is 1. The number of anilines is 1. The SMILES string of the molecule is CCC(C(=O)NC(C)c1ccc(OC)cc1)N(c1cc(C)cc(C)c1)S(C)(=O)=O. The Kier molecular flexibility index (Phi) is 7.30. The van der Waals surface area contributed by atoms with E-state index in [0.717, 1.165) is 28.7 Å². The molecule has 0 aromatic heterocycles. The smallest absolute Gasteiger partial charge is 0.244 e. The molecule has 7 heteroatoms. The van der Waals surface area contributed by atoms with E-state index in [1.54, 1.807) is 19.2 Å². The third-order valence-corrected chi connectivity index (χ3v) is 5.95. The largest absolute Gasteiger partial charge is 0.497 e. The maximum Gasteiger partial charge on any atom is 0.244 e. The van der Waals surface area contributed by atoms with Gasteiger partial charge in [0, 0.05) is 0 Å². The van der Waals surface area contributed by atoms with E-state index in [0.29, 0.717) is 12.1 Å². The van der Waals surface area contributed by atoms with Gasteiger partial charge in [-0.2, -0.15) is 0 Å². The monoisotopic (exact) mass is 418 g/mol. The van der Waals surface area contributed by atoms with Crippen LogP contribution < -0.4 is 14.4 Å². The zero-order chi connectivity index (χ0) is 21.8. The van der Waals surface area contributed by atoms with Crippen molar-refractivity contribution in [3.63, 3.8) is 0 Å². The van der Waals surface area contributed by atoms with Crippen LogP contribution in [0.5, 0.6) is 5.75 Å². The molecule has 0 aliphatic rings. The minimum Gasteiger partial charge on any atom is -0.497 e. The first-order chi connectivity index (χ1) is 13.6.